The predicted octanol–water partition coefficient (Wildman–Crippen LogP) is 4.97. The Morgan fingerprint density at radius 2 is 1.97 bits per heavy atom. The van der Waals surface area contributed by atoms with Gasteiger partial charge in [0, 0.05) is 27.7 Å². The number of aryl methyl sites for hydroxylation is 1. The fourth-order valence-corrected chi connectivity index (χ4v) is 4.19. The molecule has 2 aromatic carbocycles. The molecule has 2 aromatic heterocycles. The predicted molar refractivity (Wildman–Crippen MR) is 125 cm³/mol. The van der Waals surface area contributed by atoms with Crippen molar-refractivity contribution in [3.63, 3.8) is 0 Å². The van der Waals surface area contributed by atoms with Gasteiger partial charge < -0.3 is 14.5 Å². The summed E-state index contributed by atoms with van der Waals surface area (Å²) >= 11 is 5.96. The van der Waals surface area contributed by atoms with Crippen LogP contribution in [0.5, 0.6) is 5.75 Å². The largest absolute Gasteiger partial charge is 0.488 e. The molecule has 0 radical (unpaired) electrons. The summed E-state index contributed by atoms with van der Waals surface area (Å²) in [5.74, 6) is 0.534. The van der Waals surface area contributed by atoms with Crippen LogP contribution in [0.25, 0.3) is 22.0 Å². The normalized spacial score (nSPS) is 15.0. The van der Waals surface area contributed by atoms with Crippen LogP contribution >= 0.6 is 11.6 Å². The van der Waals surface area contributed by atoms with Gasteiger partial charge in [-0.05, 0) is 48.4 Å². The van der Waals surface area contributed by atoms with Crippen LogP contribution in [0, 0.1) is 12.3 Å². The lowest BCUT2D eigenvalue weighted by atomic mass is 9.89. The van der Waals surface area contributed by atoms with E-state index in [0.29, 0.717) is 22.9 Å². The number of hydrogen-bond acceptors (Lipinski definition) is 4. The van der Waals surface area contributed by atoms with Gasteiger partial charge >= 0.3 is 0 Å². The van der Waals surface area contributed by atoms with Crippen molar-refractivity contribution in [1.82, 2.24) is 14.8 Å². The number of halogens is 1. The first kappa shape index (κ1) is 20.8. The molecule has 0 saturated carbocycles. The topological polar surface area (TPSA) is 69.1 Å². The summed E-state index contributed by atoms with van der Waals surface area (Å²) in [5.41, 5.74) is 4.19. The number of nitrogens with one attached hydrogen (secondary N) is 1. The third kappa shape index (κ3) is 3.92. The molecule has 0 amide bonds. The fraction of sp³-hybridized carbons (Fsp3) is 0.280. The van der Waals surface area contributed by atoms with Gasteiger partial charge in [0.2, 0.25) is 0 Å². The third-order valence-electron chi connectivity index (χ3n) is 5.95. The van der Waals surface area contributed by atoms with Crippen molar-refractivity contribution in [2.45, 2.75) is 27.0 Å². The molecule has 1 aliphatic heterocycles. The Bertz CT molecular complexity index is 1340. The van der Waals surface area contributed by atoms with Crippen molar-refractivity contribution in [2.24, 2.45) is 5.41 Å². The average molecular weight is 450 g/mol. The quantitative estimate of drug-likeness (QED) is 0.451. The Kier molecular flexibility index (Phi) is 5.27. The van der Waals surface area contributed by atoms with Crippen LogP contribution < -0.4 is 10.3 Å². The van der Waals surface area contributed by atoms with Gasteiger partial charge in [0.05, 0.1) is 30.8 Å². The molecule has 164 valence electrons. The van der Waals surface area contributed by atoms with E-state index in [0.717, 1.165) is 47.5 Å². The molecule has 1 aliphatic rings. The summed E-state index contributed by atoms with van der Waals surface area (Å²) in [6.45, 7) is 6.93. The van der Waals surface area contributed by atoms with Crippen LogP contribution in [0.3, 0.4) is 0 Å². The van der Waals surface area contributed by atoms with Crippen molar-refractivity contribution in [3.05, 3.63) is 81.4 Å². The van der Waals surface area contributed by atoms with Crippen molar-refractivity contribution >= 4 is 22.5 Å². The van der Waals surface area contributed by atoms with Gasteiger partial charge in [-0.2, -0.15) is 5.10 Å². The van der Waals surface area contributed by atoms with Crippen LogP contribution in [0.15, 0.2) is 59.5 Å². The fourth-order valence-electron chi connectivity index (χ4n) is 4.07. The van der Waals surface area contributed by atoms with Gasteiger partial charge in [-0.15, -0.1) is 0 Å². The first-order valence-electron chi connectivity index (χ1n) is 10.6. The molecule has 0 unspecified atom stereocenters. The van der Waals surface area contributed by atoms with Gasteiger partial charge in [0.25, 0.3) is 5.56 Å². The Morgan fingerprint density at radius 3 is 2.69 bits per heavy atom. The number of fused-ring (bicyclic) bond motifs is 1. The van der Waals surface area contributed by atoms with Crippen molar-refractivity contribution < 1.29 is 9.47 Å². The molecule has 32 heavy (non-hydrogen) atoms. The second-order valence-corrected chi connectivity index (χ2v) is 9.18. The summed E-state index contributed by atoms with van der Waals surface area (Å²) in [7, 11) is 0. The Balaban J connectivity index is 1.48. The van der Waals surface area contributed by atoms with E-state index in [-0.39, 0.29) is 11.0 Å². The minimum Gasteiger partial charge on any atom is -0.488 e. The lowest BCUT2D eigenvalue weighted by Crippen LogP contribution is -2.43. The van der Waals surface area contributed by atoms with Gasteiger partial charge in [0.15, 0.2) is 0 Å². The number of aromatic nitrogens is 3. The average Bonchev–Trinajstić information content (AvgIpc) is 3.07. The van der Waals surface area contributed by atoms with Crippen molar-refractivity contribution in [1.29, 1.82) is 0 Å². The molecular formula is C25H24ClN3O3. The molecule has 3 heterocycles. The molecule has 0 aliphatic carbocycles. The minimum absolute atomic E-state index is 0.120. The summed E-state index contributed by atoms with van der Waals surface area (Å²) in [4.78, 5) is 15.5. The van der Waals surface area contributed by atoms with Gasteiger partial charge in [-0.3, -0.25) is 9.48 Å². The van der Waals surface area contributed by atoms with Gasteiger partial charge in [-0.25, -0.2) is 0 Å². The van der Waals surface area contributed by atoms with Gasteiger partial charge in [-0.1, -0.05) is 36.7 Å². The van der Waals surface area contributed by atoms with Crippen LogP contribution in [-0.4, -0.2) is 28.0 Å². The van der Waals surface area contributed by atoms with Crippen LogP contribution in [0.2, 0.25) is 5.02 Å². The van der Waals surface area contributed by atoms with E-state index in [1.165, 1.54) is 0 Å². The maximum atomic E-state index is 12.8. The van der Waals surface area contributed by atoms with E-state index in [2.05, 4.69) is 18.8 Å². The smallest absolute Gasteiger partial charge is 0.259 e. The van der Waals surface area contributed by atoms with Crippen LogP contribution in [0.1, 0.15) is 18.2 Å². The monoisotopic (exact) mass is 449 g/mol. The van der Waals surface area contributed by atoms with E-state index < -0.39 is 0 Å². The minimum atomic E-state index is -0.192. The molecule has 1 saturated heterocycles. The maximum absolute atomic E-state index is 12.8. The molecule has 6 nitrogen and oxygen atoms in total. The highest BCUT2D eigenvalue weighted by Gasteiger charge is 2.34. The van der Waals surface area contributed by atoms with E-state index in [1.807, 2.05) is 47.1 Å². The zero-order valence-corrected chi connectivity index (χ0v) is 18.8. The lowest BCUT2D eigenvalue weighted by molar-refractivity contribution is -0.111. The highest BCUT2D eigenvalue weighted by Crippen LogP contribution is 2.33. The Labute approximate surface area is 190 Å². The molecule has 4 aromatic rings. The molecule has 5 rings (SSSR count). The van der Waals surface area contributed by atoms with E-state index >= 15 is 0 Å². The molecule has 1 N–H and O–H groups in total. The number of nitrogens with zero attached hydrogens (tertiary/aromatic N) is 2. The van der Waals surface area contributed by atoms with E-state index in [1.54, 1.807) is 12.3 Å². The Hall–Kier alpha value is -3.09. The standard InChI is InChI=1S/C25H24ClN3O3/c1-16-20-11-18(5-8-21(20)28-29(16)13-25(2)14-31-15-25)23-22(9-10-27-24(23)30)32-12-17-3-6-19(26)7-4-17/h3-11H,12-15H2,1-2H3,(H,27,30). The SMILES string of the molecule is Cc1c2cc(-c3c(OCc4ccc(Cl)cc4)cc[nH]c3=O)ccc2nn1CC1(C)COC1. The molecule has 1 fully saturated rings. The number of aromatic amines is 1. The second kappa shape index (κ2) is 8.11. The molecule has 0 spiro atoms. The third-order valence-corrected chi connectivity index (χ3v) is 6.21. The Morgan fingerprint density at radius 1 is 1.19 bits per heavy atom. The van der Waals surface area contributed by atoms with Crippen LogP contribution in [0.4, 0.5) is 0 Å². The molecular weight excluding hydrogens is 426 g/mol. The highest BCUT2D eigenvalue weighted by molar-refractivity contribution is 6.30. The maximum Gasteiger partial charge on any atom is 0.259 e. The summed E-state index contributed by atoms with van der Waals surface area (Å²) in [6.07, 6.45) is 1.60. The second-order valence-electron chi connectivity index (χ2n) is 8.74. The van der Waals surface area contributed by atoms with Crippen molar-refractivity contribution in [3.8, 4) is 16.9 Å². The summed E-state index contributed by atoms with van der Waals surface area (Å²) in [5, 5.41) is 6.48. The molecule has 0 atom stereocenters. The first-order chi connectivity index (χ1) is 15.4. The van der Waals surface area contributed by atoms with Crippen molar-refractivity contribution in [2.75, 3.05) is 13.2 Å². The van der Waals surface area contributed by atoms with E-state index in [9.17, 15) is 4.79 Å². The number of rotatable bonds is 6. The number of ether oxygens (including phenoxy) is 2. The molecule has 0 bridgehead atoms. The number of pyridine rings is 1. The lowest BCUT2D eigenvalue weighted by Gasteiger charge is -2.38. The highest BCUT2D eigenvalue weighted by atomic mass is 35.5. The first-order valence-corrected chi connectivity index (χ1v) is 10.9. The van der Waals surface area contributed by atoms with E-state index in [4.69, 9.17) is 26.2 Å². The number of H-pyrrole nitrogens is 1. The van der Waals surface area contributed by atoms with Gasteiger partial charge in [0.1, 0.15) is 12.4 Å². The number of hydrogen-bond donors (Lipinski definition) is 1. The molecule has 7 heteroatoms. The zero-order chi connectivity index (χ0) is 22.3. The number of benzene rings is 2. The summed E-state index contributed by atoms with van der Waals surface area (Å²) in [6, 6.07) is 15.2. The zero-order valence-electron chi connectivity index (χ0n) is 18.0. The summed E-state index contributed by atoms with van der Waals surface area (Å²) < 4.78 is 13.5. The van der Waals surface area contributed by atoms with Crippen LogP contribution in [-0.2, 0) is 17.9 Å².